The van der Waals surface area contributed by atoms with E-state index < -0.39 is 0 Å². The molecular formula is C23H18N4O2. The molecule has 0 saturated carbocycles. The van der Waals surface area contributed by atoms with Gasteiger partial charge in [-0.15, -0.1) is 0 Å². The zero-order chi connectivity index (χ0) is 19.6. The Kier molecular flexibility index (Phi) is 4.22. The number of ether oxygens (including phenoxy) is 1. The summed E-state index contributed by atoms with van der Waals surface area (Å²) in [6.07, 6.45) is 5.74. The minimum absolute atomic E-state index is 0.183. The number of aromatic amines is 1. The fourth-order valence-electron chi connectivity index (χ4n) is 3.33. The van der Waals surface area contributed by atoms with Crippen molar-refractivity contribution in [2.24, 2.45) is 0 Å². The Hall–Kier alpha value is -4.06. The predicted octanol–water partition coefficient (Wildman–Crippen LogP) is 4.65. The van der Waals surface area contributed by atoms with Gasteiger partial charge >= 0.3 is 0 Å². The maximum absolute atomic E-state index is 12.7. The molecule has 0 bridgehead atoms. The third-order valence-corrected chi connectivity index (χ3v) is 4.74. The maximum Gasteiger partial charge on any atom is 0.255 e. The second-order valence-corrected chi connectivity index (χ2v) is 6.71. The van der Waals surface area contributed by atoms with Crippen LogP contribution < -0.4 is 10.1 Å². The number of amides is 1. The molecule has 5 aromatic rings. The number of aromatic nitrogens is 3. The van der Waals surface area contributed by atoms with Gasteiger partial charge in [0.1, 0.15) is 18.0 Å². The number of hydrogen-bond acceptors (Lipinski definition) is 3. The van der Waals surface area contributed by atoms with Crippen LogP contribution in [0.15, 0.2) is 85.3 Å². The van der Waals surface area contributed by atoms with Gasteiger partial charge in [-0.3, -0.25) is 4.79 Å². The fraction of sp³-hybridized carbons (Fsp3) is 0.0435. The van der Waals surface area contributed by atoms with Crippen LogP contribution in [0.1, 0.15) is 16.1 Å². The number of pyridine rings is 1. The Bertz CT molecular complexity index is 1290. The normalized spacial score (nSPS) is 11.0. The molecule has 0 spiro atoms. The number of rotatable bonds is 5. The monoisotopic (exact) mass is 382 g/mol. The van der Waals surface area contributed by atoms with E-state index in [1.165, 1.54) is 0 Å². The first-order valence-corrected chi connectivity index (χ1v) is 9.29. The summed E-state index contributed by atoms with van der Waals surface area (Å²) in [6.45, 7) is 0.329. The summed E-state index contributed by atoms with van der Waals surface area (Å²) in [5.74, 6) is 0.437. The minimum Gasteiger partial charge on any atom is -0.487 e. The van der Waals surface area contributed by atoms with E-state index >= 15 is 0 Å². The second-order valence-electron chi connectivity index (χ2n) is 6.71. The number of imidazole rings is 1. The third-order valence-electron chi connectivity index (χ3n) is 4.74. The quantitative estimate of drug-likeness (QED) is 0.465. The molecule has 29 heavy (non-hydrogen) atoms. The minimum atomic E-state index is -0.183. The Morgan fingerprint density at radius 1 is 1.07 bits per heavy atom. The standard InChI is InChI=1S/C23H18N4O2/c28-23(26-21-8-4-7-20-19(21)10-11-24-20)16-5-3-6-18(13-16)29-15-17-14-27-12-2-1-9-22(27)25-17/h1-14,24H,15H2,(H,26,28). The Morgan fingerprint density at radius 3 is 2.93 bits per heavy atom. The number of carbonyl (C=O) groups excluding carboxylic acids is 1. The van der Waals surface area contributed by atoms with Crippen LogP contribution in [0, 0.1) is 0 Å². The predicted molar refractivity (Wildman–Crippen MR) is 112 cm³/mol. The first kappa shape index (κ1) is 17.1. The molecule has 0 unspecified atom stereocenters. The second kappa shape index (κ2) is 7.16. The summed E-state index contributed by atoms with van der Waals surface area (Å²) in [7, 11) is 0. The molecule has 0 aliphatic carbocycles. The highest BCUT2D eigenvalue weighted by Crippen LogP contribution is 2.23. The van der Waals surface area contributed by atoms with Crippen molar-refractivity contribution in [2.45, 2.75) is 6.61 Å². The average molecular weight is 382 g/mol. The molecule has 0 saturated heterocycles. The molecule has 1 amide bonds. The highest BCUT2D eigenvalue weighted by molar-refractivity contribution is 6.08. The van der Waals surface area contributed by atoms with E-state index in [4.69, 9.17) is 4.74 Å². The smallest absolute Gasteiger partial charge is 0.255 e. The van der Waals surface area contributed by atoms with Crippen LogP contribution in [0.5, 0.6) is 5.75 Å². The van der Waals surface area contributed by atoms with Crippen LogP contribution in [0.3, 0.4) is 0 Å². The van der Waals surface area contributed by atoms with Gasteiger partial charge in [-0.2, -0.15) is 0 Å². The summed E-state index contributed by atoms with van der Waals surface area (Å²) < 4.78 is 7.81. The topological polar surface area (TPSA) is 71.4 Å². The van der Waals surface area contributed by atoms with Crippen molar-refractivity contribution < 1.29 is 9.53 Å². The molecule has 6 nitrogen and oxygen atoms in total. The van der Waals surface area contributed by atoms with Crippen molar-refractivity contribution in [2.75, 3.05) is 5.32 Å². The Morgan fingerprint density at radius 2 is 2.00 bits per heavy atom. The molecular weight excluding hydrogens is 364 g/mol. The van der Waals surface area contributed by atoms with Crippen LogP contribution in [-0.2, 0) is 6.61 Å². The van der Waals surface area contributed by atoms with E-state index in [0.29, 0.717) is 17.9 Å². The number of fused-ring (bicyclic) bond motifs is 2. The van der Waals surface area contributed by atoms with Crippen molar-refractivity contribution in [3.63, 3.8) is 0 Å². The first-order chi connectivity index (χ1) is 14.3. The van der Waals surface area contributed by atoms with Gasteiger partial charge in [-0.1, -0.05) is 18.2 Å². The highest BCUT2D eigenvalue weighted by Gasteiger charge is 2.10. The Labute approximate surface area is 166 Å². The maximum atomic E-state index is 12.7. The molecule has 3 heterocycles. The summed E-state index contributed by atoms with van der Waals surface area (Å²) in [5, 5.41) is 3.95. The van der Waals surface area contributed by atoms with Gasteiger partial charge in [0.2, 0.25) is 0 Å². The van der Waals surface area contributed by atoms with Crippen molar-refractivity contribution >= 4 is 28.1 Å². The van der Waals surface area contributed by atoms with E-state index in [1.54, 1.807) is 12.1 Å². The lowest BCUT2D eigenvalue weighted by Crippen LogP contribution is -2.12. The molecule has 0 aliphatic rings. The summed E-state index contributed by atoms with van der Waals surface area (Å²) in [5.41, 5.74) is 3.98. The lowest BCUT2D eigenvalue weighted by atomic mass is 10.1. The highest BCUT2D eigenvalue weighted by atomic mass is 16.5. The lowest BCUT2D eigenvalue weighted by Gasteiger charge is -2.09. The molecule has 6 heteroatoms. The number of H-pyrrole nitrogens is 1. The number of anilines is 1. The van der Waals surface area contributed by atoms with Crippen molar-refractivity contribution in [3.05, 3.63) is 96.6 Å². The molecule has 0 aliphatic heterocycles. The molecule has 3 aromatic heterocycles. The van der Waals surface area contributed by atoms with Gasteiger partial charge in [0.05, 0.1) is 11.4 Å². The van der Waals surface area contributed by atoms with E-state index in [9.17, 15) is 4.79 Å². The van der Waals surface area contributed by atoms with E-state index in [0.717, 1.165) is 27.9 Å². The molecule has 0 atom stereocenters. The van der Waals surface area contributed by atoms with Crippen LogP contribution in [0.4, 0.5) is 5.69 Å². The first-order valence-electron chi connectivity index (χ1n) is 9.29. The number of nitrogens with zero attached hydrogens (tertiary/aromatic N) is 2. The molecule has 5 rings (SSSR count). The van der Waals surface area contributed by atoms with Gasteiger partial charge in [-0.05, 0) is 48.5 Å². The molecule has 0 fully saturated rings. The Balaban J connectivity index is 1.31. The average Bonchev–Trinajstić information content (AvgIpc) is 3.39. The van der Waals surface area contributed by atoms with Gasteiger partial charge in [-0.25, -0.2) is 4.98 Å². The lowest BCUT2D eigenvalue weighted by molar-refractivity contribution is 0.102. The number of nitrogens with one attached hydrogen (secondary N) is 2. The van der Waals surface area contributed by atoms with Gasteiger partial charge in [0.25, 0.3) is 5.91 Å². The van der Waals surface area contributed by atoms with Crippen LogP contribution in [0.25, 0.3) is 16.6 Å². The molecule has 2 N–H and O–H groups in total. The summed E-state index contributed by atoms with van der Waals surface area (Å²) in [6, 6.07) is 20.7. The van der Waals surface area contributed by atoms with E-state index in [-0.39, 0.29) is 5.91 Å². The molecule has 0 radical (unpaired) electrons. The van der Waals surface area contributed by atoms with Crippen molar-refractivity contribution in [1.29, 1.82) is 0 Å². The van der Waals surface area contributed by atoms with Crippen LogP contribution in [0.2, 0.25) is 0 Å². The third kappa shape index (κ3) is 3.43. The van der Waals surface area contributed by atoms with E-state index in [1.807, 2.05) is 77.6 Å². The van der Waals surface area contributed by atoms with Crippen molar-refractivity contribution in [3.8, 4) is 5.75 Å². The number of hydrogen-bond donors (Lipinski definition) is 2. The SMILES string of the molecule is O=C(Nc1cccc2[nH]ccc12)c1cccc(OCc2cn3ccccc3n2)c1. The van der Waals surface area contributed by atoms with Crippen LogP contribution in [-0.4, -0.2) is 20.3 Å². The fourth-order valence-corrected chi connectivity index (χ4v) is 3.33. The summed E-state index contributed by atoms with van der Waals surface area (Å²) in [4.78, 5) is 20.4. The zero-order valence-corrected chi connectivity index (χ0v) is 15.5. The number of carbonyl (C=O) groups is 1. The molecule has 142 valence electrons. The van der Waals surface area contributed by atoms with Gasteiger partial charge in [0.15, 0.2) is 0 Å². The van der Waals surface area contributed by atoms with Crippen LogP contribution >= 0.6 is 0 Å². The molecule has 2 aromatic carbocycles. The van der Waals surface area contributed by atoms with E-state index in [2.05, 4.69) is 15.3 Å². The van der Waals surface area contributed by atoms with Crippen molar-refractivity contribution in [1.82, 2.24) is 14.4 Å². The van der Waals surface area contributed by atoms with Gasteiger partial charge < -0.3 is 19.4 Å². The number of benzene rings is 2. The summed E-state index contributed by atoms with van der Waals surface area (Å²) >= 11 is 0. The largest absolute Gasteiger partial charge is 0.487 e. The zero-order valence-electron chi connectivity index (χ0n) is 15.5. The van der Waals surface area contributed by atoms with Gasteiger partial charge in [0, 0.05) is 35.1 Å².